The van der Waals surface area contributed by atoms with Crippen molar-refractivity contribution in [1.29, 1.82) is 0 Å². The number of nitrogens with zero attached hydrogens (tertiary/aromatic N) is 1. The van der Waals surface area contributed by atoms with Gasteiger partial charge in [-0.3, -0.25) is 0 Å². The number of rotatable bonds is 3. The molecular formula is C7H9NOS2. The summed E-state index contributed by atoms with van der Waals surface area (Å²) in [5.41, 5.74) is 0.992. The van der Waals surface area contributed by atoms with E-state index in [0.29, 0.717) is 6.42 Å². The molecule has 1 aromatic heterocycles. The fourth-order valence-corrected chi connectivity index (χ4v) is 2.36. The third kappa shape index (κ3) is 2.04. The minimum absolute atomic E-state index is 0.504. The van der Waals surface area contributed by atoms with Gasteiger partial charge in [0.25, 0.3) is 0 Å². The van der Waals surface area contributed by atoms with Crippen molar-refractivity contribution in [1.82, 2.24) is 4.98 Å². The first-order valence-corrected chi connectivity index (χ1v) is 5.26. The maximum atomic E-state index is 10.2. The van der Waals surface area contributed by atoms with Gasteiger partial charge in [0.15, 0.2) is 0 Å². The zero-order chi connectivity index (χ0) is 8.27. The second-order valence-corrected chi connectivity index (χ2v) is 4.20. The zero-order valence-electron chi connectivity index (χ0n) is 6.46. The summed E-state index contributed by atoms with van der Waals surface area (Å²) in [6, 6.07) is 0. The molecule has 0 bridgehead atoms. The monoisotopic (exact) mass is 187 g/mol. The minimum atomic E-state index is 0.504. The fraction of sp³-hybridized carbons (Fsp3) is 0.429. The van der Waals surface area contributed by atoms with Gasteiger partial charge >= 0.3 is 0 Å². The molecule has 0 aliphatic rings. The topological polar surface area (TPSA) is 30.0 Å². The number of aryl methyl sites for hydroxylation is 1. The Kier molecular flexibility index (Phi) is 3.08. The van der Waals surface area contributed by atoms with E-state index >= 15 is 0 Å². The van der Waals surface area contributed by atoms with Crippen molar-refractivity contribution in [2.24, 2.45) is 0 Å². The molecule has 60 valence electrons. The van der Waals surface area contributed by atoms with Gasteiger partial charge in [-0.1, -0.05) is 11.8 Å². The second kappa shape index (κ2) is 3.88. The number of thioether (sulfide) groups is 1. The van der Waals surface area contributed by atoms with Crippen LogP contribution >= 0.6 is 23.1 Å². The number of hydrogen-bond donors (Lipinski definition) is 0. The molecule has 0 N–H and O–H groups in total. The van der Waals surface area contributed by atoms with Crippen molar-refractivity contribution in [2.75, 3.05) is 6.26 Å². The van der Waals surface area contributed by atoms with Crippen LogP contribution in [0.25, 0.3) is 0 Å². The van der Waals surface area contributed by atoms with Gasteiger partial charge < -0.3 is 4.79 Å². The van der Waals surface area contributed by atoms with Gasteiger partial charge in [-0.2, -0.15) is 0 Å². The Morgan fingerprint density at radius 2 is 2.45 bits per heavy atom. The number of thiazole rings is 1. The van der Waals surface area contributed by atoms with E-state index in [1.807, 2.05) is 13.2 Å². The Morgan fingerprint density at radius 1 is 1.73 bits per heavy atom. The number of carbonyl (C=O) groups is 1. The van der Waals surface area contributed by atoms with Crippen molar-refractivity contribution in [3.8, 4) is 0 Å². The minimum Gasteiger partial charge on any atom is -0.303 e. The highest BCUT2D eigenvalue weighted by Gasteiger charge is 2.04. The normalized spacial score (nSPS) is 10.0. The molecular weight excluding hydrogens is 178 g/mol. The Labute approximate surface area is 74.0 Å². The Morgan fingerprint density at radius 3 is 2.91 bits per heavy atom. The van der Waals surface area contributed by atoms with E-state index in [-0.39, 0.29) is 0 Å². The van der Waals surface area contributed by atoms with Crippen molar-refractivity contribution in [2.45, 2.75) is 17.7 Å². The first-order valence-electron chi connectivity index (χ1n) is 3.22. The summed E-state index contributed by atoms with van der Waals surface area (Å²) in [7, 11) is 0. The van der Waals surface area contributed by atoms with Crippen molar-refractivity contribution >= 4 is 29.4 Å². The Hall–Kier alpha value is -0.350. The summed E-state index contributed by atoms with van der Waals surface area (Å²) in [4.78, 5) is 15.6. The lowest BCUT2D eigenvalue weighted by Gasteiger charge is -1.84. The summed E-state index contributed by atoms with van der Waals surface area (Å²) in [6.07, 6.45) is 3.41. The molecule has 0 saturated heterocycles. The van der Waals surface area contributed by atoms with Crippen LogP contribution in [0.3, 0.4) is 0 Å². The second-order valence-electron chi connectivity index (χ2n) is 2.06. The van der Waals surface area contributed by atoms with Gasteiger partial charge in [-0.25, -0.2) is 4.98 Å². The maximum Gasteiger partial charge on any atom is 0.150 e. The van der Waals surface area contributed by atoms with Crippen LogP contribution in [0.4, 0.5) is 0 Å². The molecule has 0 aromatic carbocycles. The molecule has 1 aromatic rings. The largest absolute Gasteiger partial charge is 0.303 e. The highest BCUT2D eigenvalue weighted by molar-refractivity contribution is 8.00. The van der Waals surface area contributed by atoms with Crippen LogP contribution in [0.2, 0.25) is 0 Å². The van der Waals surface area contributed by atoms with E-state index in [0.717, 1.165) is 21.2 Å². The zero-order valence-corrected chi connectivity index (χ0v) is 8.09. The van der Waals surface area contributed by atoms with Crippen LogP contribution in [0, 0.1) is 6.92 Å². The van der Waals surface area contributed by atoms with E-state index in [1.54, 1.807) is 23.1 Å². The summed E-state index contributed by atoms with van der Waals surface area (Å²) in [5.74, 6) is 0. The fourth-order valence-electron chi connectivity index (χ4n) is 0.754. The third-order valence-corrected chi connectivity index (χ3v) is 3.48. The van der Waals surface area contributed by atoms with E-state index < -0.39 is 0 Å². The van der Waals surface area contributed by atoms with Crippen LogP contribution < -0.4 is 0 Å². The van der Waals surface area contributed by atoms with E-state index in [2.05, 4.69) is 4.98 Å². The van der Waals surface area contributed by atoms with Crippen molar-refractivity contribution in [3.05, 3.63) is 10.6 Å². The molecule has 4 heteroatoms. The molecule has 11 heavy (non-hydrogen) atoms. The van der Waals surface area contributed by atoms with Gasteiger partial charge in [0.1, 0.15) is 10.6 Å². The highest BCUT2D eigenvalue weighted by Crippen LogP contribution is 2.24. The summed E-state index contributed by atoms with van der Waals surface area (Å²) in [6.45, 7) is 1.94. The van der Waals surface area contributed by atoms with Gasteiger partial charge in [-0.05, 0) is 13.2 Å². The van der Waals surface area contributed by atoms with Gasteiger partial charge in [0, 0.05) is 11.3 Å². The van der Waals surface area contributed by atoms with E-state index in [1.165, 1.54) is 0 Å². The maximum absolute atomic E-state index is 10.2. The number of carbonyl (C=O) groups excluding carboxylic acids is 1. The molecule has 0 spiro atoms. The quantitative estimate of drug-likeness (QED) is 0.535. The van der Waals surface area contributed by atoms with Crippen LogP contribution in [-0.2, 0) is 11.2 Å². The first-order chi connectivity index (χ1) is 5.27. The average Bonchev–Trinajstić information content (AvgIpc) is 2.33. The smallest absolute Gasteiger partial charge is 0.150 e. The van der Waals surface area contributed by atoms with Gasteiger partial charge in [-0.15, -0.1) is 11.3 Å². The van der Waals surface area contributed by atoms with Gasteiger partial charge in [0.05, 0.1) is 5.69 Å². The SMILES string of the molecule is CSc1nc(C)c(CC=O)s1. The van der Waals surface area contributed by atoms with E-state index in [4.69, 9.17) is 0 Å². The molecule has 1 heterocycles. The van der Waals surface area contributed by atoms with E-state index in [9.17, 15) is 4.79 Å². The molecule has 0 amide bonds. The van der Waals surface area contributed by atoms with Crippen LogP contribution in [0.5, 0.6) is 0 Å². The Bertz CT molecular complexity index is 257. The highest BCUT2D eigenvalue weighted by atomic mass is 32.2. The molecule has 2 nitrogen and oxygen atoms in total. The molecule has 0 aliphatic heterocycles. The number of aromatic nitrogens is 1. The van der Waals surface area contributed by atoms with Crippen molar-refractivity contribution < 1.29 is 4.79 Å². The summed E-state index contributed by atoms with van der Waals surface area (Å²) < 4.78 is 1.04. The molecule has 0 radical (unpaired) electrons. The van der Waals surface area contributed by atoms with Crippen LogP contribution in [-0.4, -0.2) is 17.5 Å². The van der Waals surface area contributed by atoms with Gasteiger partial charge in [0.2, 0.25) is 0 Å². The molecule has 1 rings (SSSR count). The molecule has 0 atom stereocenters. The van der Waals surface area contributed by atoms with Crippen LogP contribution in [0.15, 0.2) is 4.34 Å². The molecule has 0 aliphatic carbocycles. The predicted octanol–water partition coefficient (Wildman–Crippen LogP) is 1.91. The lowest BCUT2D eigenvalue weighted by atomic mass is 10.3. The number of aldehydes is 1. The Balaban J connectivity index is 2.87. The predicted molar refractivity (Wildman–Crippen MR) is 48.4 cm³/mol. The third-order valence-electron chi connectivity index (χ3n) is 1.32. The average molecular weight is 187 g/mol. The first kappa shape index (κ1) is 8.74. The lowest BCUT2D eigenvalue weighted by molar-refractivity contribution is -0.107. The standard InChI is InChI=1S/C7H9NOS2/c1-5-6(3-4-9)11-7(8-5)10-2/h4H,3H2,1-2H3. The lowest BCUT2D eigenvalue weighted by Crippen LogP contribution is -1.83. The molecule has 0 saturated carbocycles. The molecule has 0 unspecified atom stereocenters. The molecule has 0 fully saturated rings. The van der Waals surface area contributed by atoms with Crippen LogP contribution in [0.1, 0.15) is 10.6 Å². The summed E-state index contributed by atoms with van der Waals surface area (Å²) >= 11 is 3.23. The van der Waals surface area contributed by atoms with Crippen molar-refractivity contribution in [3.63, 3.8) is 0 Å². The summed E-state index contributed by atoms with van der Waals surface area (Å²) in [5, 5.41) is 0. The number of hydrogen-bond acceptors (Lipinski definition) is 4.